The van der Waals surface area contributed by atoms with E-state index in [1.807, 2.05) is 34.0 Å². The van der Waals surface area contributed by atoms with Crippen LogP contribution in [0, 0.1) is 0 Å². The van der Waals surface area contributed by atoms with Crippen LogP contribution in [0.3, 0.4) is 0 Å². The second-order valence-electron chi connectivity index (χ2n) is 6.51. The van der Waals surface area contributed by atoms with Gasteiger partial charge in [0.1, 0.15) is 0 Å². The zero-order valence-electron chi connectivity index (χ0n) is 15.2. The molecule has 0 saturated heterocycles. The van der Waals surface area contributed by atoms with Crippen molar-refractivity contribution in [1.82, 2.24) is 0 Å². The standard InChI is InChI=1S/C22H21BrS4/c1-2-3-4-5-6-15-7-8-16(24-15)17-9-10-18(25-17)19-11-12-20(26-19)21-13-14-22(23)27-21/h7-14H,2-6H2,1H3. The molecule has 27 heavy (non-hydrogen) atoms. The SMILES string of the molecule is CCCCCCc1ccc(-c2ccc(-c3ccc(-c4ccc(Br)s4)s3)s2)s1. The third-order valence-corrected chi connectivity index (χ3v) is 9.98. The first-order chi connectivity index (χ1) is 13.2. The summed E-state index contributed by atoms with van der Waals surface area (Å²) in [5.74, 6) is 0. The van der Waals surface area contributed by atoms with E-state index in [0.717, 1.165) is 0 Å². The number of thiophene rings is 4. The molecule has 0 aliphatic carbocycles. The third-order valence-electron chi connectivity index (χ3n) is 4.45. The van der Waals surface area contributed by atoms with Crippen molar-refractivity contribution in [2.24, 2.45) is 0 Å². The zero-order chi connectivity index (χ0) is 18.6. The summed E-state index contributed by atoms with van der Waals surface area (Å²) >= 11 is 11.1. The number of hydrogen-bond acceptors (Lipinski definition) is 4. The topological polar surface area (TPSA) is 0 Å². The predicted octanol–water partition coefficient (Wildman–Crippen LogP) is 9.82. The Kier molecular flexibility index (Phi) is 6.66. The first-order valence-electron chi connectivity index (χ1n) is 9.28. The summed E-state index contributed by atoms with van der Waals surface area (Å²) in [5, 5.41) is 0. The van der Waals surface area contributed by atoms with Crippen LogP contribution in [0.15, 0.2) is 52.3 Å². The largest absolute Gasteiger partial charge is 0.139 e. The molecule has 0 aromatic carbocycles. The molecule has 4 heterocycles. The molecule has 0 nitrogen and oxygen atoms in total. The Morgan fingerprint density at radius 2 is 1.11 bits per heavy atom. The third kappa shape index (κ3) is 4.83. The van der Waals surface area contributed by atoms with Crippen LogP contribution >= 0.6 is 61.3 Å². The quantitative estimate of drug-likeness (QED) is 0.214. The summed E-state index contributed by atoms with van der Waals surface area (Å²) < 4.78 is 1.19. The maximum atomic E-state index is 3.56. The number of hydrogen-bond donors (Lipinski definition) is 0. The van der Waals surface area contributed by atoms with Crippen LogP contribution in [0.4, 0.5) is 0 Å². The van der Waals surface area contributed by atoms with E-state index in [1.165, 1.54) is 70.0 Å². The molecule has 4 rings (SSSR count). The van der Waals surface area contributed by atoms with Gasteiger partial charge in [-0.25, -0.2) is 0 Å². The van der Waals surface area contributed by atoms with Gasteiger partial charge in [-0.2, -0.15) is 0 Å². The number of aryl methyl sites for hydroxylation is 1. The second-order valence-corrected chi connectivity index (χ2v) is 12.3. The van der Waals surface area contributed by atoms with Gasteiger partial charge < -0.3 is 0 Å². The van der Waals surface area contributed by atoms with Crippen LogP contribution in [-0.4, -0.2) is 0 Å². The summed E-state index contributed by atoms with van der Waals surface area (Å²) in [5.41, 5.74) is 0. The van der Waals surface area contributed by atoms with Crippen LogP contribution in [0.5, 0.6) is 0 Å². The lowest BCUT2D eigenvalue weighted by Crippen LogP contribution is -1.80. The van der Waals surface area contributed by atoms with Gasteiger partial charge in [0.2, 0.25) is 0 Å². The van der Waals surface area contributed by atoms with Crippen molar-refractivity contribution < 1.29 is 0 Å². The minimum absolute atomic E-state index is 1.19. The van der Waals surface area contributed by atoms with Crippen LogP contribution < -0.4 is 0 Å². The molecule has 0 unspecified atom stereocenters. The highest BCUT2D eigenvalue weighted by Crippen LogP contribution is 2.43. The fourth-order valence-corrected chi connectivity index (χ4v) is 7.74. The molecule has 0 aliphatic heterocycles. The Morgan fingerprint density at radius 3 is 1.67 bits per heavy atom. The summed E-state index contributed by atoms with van der Waals surface area (Å²) in [7, 11) is 0. The van der Waals surface area contributed by atoms with E-state index < -0.39 is 0 Å². The zero-order valence-corrected chi connectivity index (χ0v) is 20.0. The van der Waals surface area contributed by atoms with E-state index in [9.17, 15) is 0 Å². The van der Waals surface area contributed by atoms with Crippen molar-refractivity contribution in [2.75, 3.05) is 0 Å². The Hall–Kier alpha value is -0.720. The summed E-state index contributed by atoms with van der Waals surface area (Å²) in [4.78, 5) is 9.75. The molecule has 0 bridgehead atoms. The molecule has 0 aliphatic rings. The maximum absolute atomic E-state index is 3.56. The van der Waals surface area contributed by atoms with Crippen molar-refractivity contribution in [3.63, 3.8) is 0 Å². The van der Waals surface area contributed by atoms with E-state index in [2.05, 4.69) is 71.4 Å². The van der Waals surface area contributed by atoms with Gasteiger partial charge in [0.15, 0.2) is 0 Å². The average molecular weight is 494 g/mol. The Bertz CT molecular complexity index is 1000. The molecule has 0 N–H and O–H groups in total. The average Bonchev–Trinajstić information content (AvgIpc) is 3.44. The van der Waals surface area contributed by atoms with Crippen molar-refractivity contribution >= 4 is 61.3 Å². The molecule has 0 spiro atoms. The lowest BCUT2D eigenvalue weighted by molar-refractivity contribution is 0.670. The predicted molar refractivity (Wildman–Crippen MR) is 130 cm³/mol. The Balaban J connectivity index is 1.46. The van der Waals surface area contributed by atoms with Crippen molar-refractivity contribution in [3.05, 3.63) is 57.2 Å². The van der Waals surface area contributed by atoms with E-state index in [1.54, 1.807) is 11.3 Å². The lowest BCUT2D eigenvalue weighted by Gasteiger charge is -1.96. The van der Waals surface area contributed by atoms with E-state index in [4.69, 9.17) is 0 Å². The Labute approximate surface area is 185 Å². The number of halogens is 1. The smallest absolute Gasteiger partial charge is 0.0705 e. The van der Waals surface area contributed by atoms with Gasteiger partial charge in [0, 0.05) is 34.1 Å². The lowest BCUT2D eigenvalue weighted by atomic mass is 10.1. The van der Waals surface area contributed by atoms with E-state index in [0.29, 0.717) is 0 Å². The summed E-state index contributed by atoms with van der Waals surface area (Å²) in [6, 6.07) is 18.0. The van der Waals surface area contributed by atoms with Gasteiger partial charge in [-0.05, 0) is 77.3 Å². The normalized spacial score (nSPS) is 11.3. The molecule has 0 atom stereocenters. The van der Waals surface area contributed by atoms with Gasteiger partial charge >= 0.3 is 0 Å². The van der Waals surface area contributed by atoms with Gasteiger partial charge in [-0.3, -0.25) is 0 Å². The molecule has 140 valence electrons. The highest BCUT2D eigenvalue weighted by Gasteiger charge is 2.11. The second kappa shape index (κ2) is 9.19. The fraction of sp³-hybridized carbons (Fsp3) is 0.273. The first-order valence-corrected chi connectivity index (χ1v) is 13.3. The van der Waals surface area contributed by atoms with Gasteiger partial charge in [-0.15, -0.1) is 45.3 Å². The molecule has 4 aromatic heterocycles. The highest BCUT2D eigenvalue weighted by atomic mass is 79.9. The minimum atomic E-state index is 1.19. The molecule has 0 radical (unpaired) electrons. The van der Waals surface area contributed by atoms with Crippen LogP contribution in [0.2, 0.25) is 0 Å². The fourth-order valence-electron chi connectivity index (χ4n) is 3.02. The Morgan fingerprint density at radius 1 is 0.593 bits per heavy atom. The van der Waals surface area contributed by atoms with Crippen LogP contribution in [0.25, 0.3) is 29.3 Å². The molecule has 5 heteroatoms. The molecule has 0 amide bonds. The molecule has 0 fully saturated rings. The molecular formula is C22H21BrS4. The molecule has 0 saturated carbocycles. The van der Waals surface area contributed by atoms with Crippen LogP contribution in [0.1, 0.15) is 37.5 Å². The van der Waals surface area contributed by atoms with Gasteiger partial charge in [0.25, 0.3) is 0 Å². The van der Waals surface area contributed by atoms with Crippen molar-refractivity contribution in [2.45, 2.75) is 39.0 Å². The van der Waals surface area contributed by atoms with E-state index in [-0.39, 0.29) is 0 Å². The summed E-state index contributed by atoms with van der Waals surface area (Å²) in [6.07, 6.45) is 6.57. The number of unbranched alkanes of at least 4 members (excludes halogenated alkanes) is 3. The highest BCUT2D eigenvalue weighted by molar-refractivity contribution is 9.11. The van der Waals surface area contributed by atoms with Crippen molar-refractivity contribution in [1.29, 1.82) is 0 Å². The molecular weight excluding hydrogens is 472 g/mol. The maximum Gasteiger partial charge on any atom is 0.0705 e. The van der Waals surface area contributed by atoms with Crippen molar-refractivity contribution in [3.8, 4) is 29.3 Å². The summed E-state index contributed by atoms with van der Waals surface area (Å²) in [6.45, 7) is 2.27. The van der Waals surface area contributed by atoms with Gasteiger partial charge in [0.05, 0.1) is 3.79 Å². The molecule has 4 aromatic rings. The monoisotopic (exact) mass is 492 g/mol. The van der Waals surface area contributed by atoms with Gasteiger partial charge in [-0.1, -0.05) is 26.2 Å². The number of rotatable bonds is 8. The first kappa shape index (κ1) is 19.6. The van der Waals surface area contributed by atoms with E-state index >= 15 is 0 Å². The van der Waals surface area contributed by atoms with Crippen LogP contribution in [-0.2, 0) is 6.42 Å². The minimum Gasteiger partial charge on any atom is -0.139 e.